The molecule has 1 aromatic heterocycles. The number of nitrogens with zero attached hydrogens (tertiary/aromatic N) is 2. The molecule has 0 aliphatic heterocycles. The Bertz CT molecular complexity index is 718. The minimum Gasteiger partial charge on any atom is -0.339 e. The number of hydrogen-bond acceptors (Lipinski definition) is 2. The standard InChI is InChI=1S/C21H27N3O/c1-2-24(16-8-11-17-9-4-3-5-10-17)21(25)15-14-20-18-12-6-7-13-19(18)22-23-20/h3-5,8-11H,2,6-7,12-16H2,1H3,(H,22,23). The third kappa shape index (κ3) is 4.59. The van der Waals surface area contributed by atoms with E-state index in [4.69, 9.17) is 0 Å². The van der Waals surface area contributed by atoms with Crippen molar-refractivity contribution in [2.45, 2.75) is 45.4 Å². The van der Waals surface area contributed by atoms with Gasteiger partial charge in [0.25, 0.3) is 0 Å². The number of H-pyrrole nitrogens is 1. The summed E-state index contributed by atoms with van der Waals surface area (Å²) in [5.74, 6) is 0.202. The molecular formula is C21H27N3O. The van der Waals surface area contributed by atoms with Gasteiger partial charge in [-0.25, -0.2) is 0 Å². The van der Waals surface area contributed by atoms with Gasteiger partial charge in [-0.15, -0.1) is 0 Å². The number of aryl methyl sites for hydroxylation is 2. The molecule has 25 heavy (non-hydrogen) atoms. The van der Waals surface area contributed by atoms with Crippen LogP contribution in [0.2, 0.25) is 0 Å². The van der Waals surface area contributed by atoms with Gasteiger partial charge in [0.2, 0.25) is 5.91 Å². The molecule has 1 amide bonds. The lowest BCUT2D eigenvalue weighted by Crippen LogP contribution is -2.31. The van der Waals surface area contributed by atoms with Crippen molar-refractivity contribution in [2.24, 2.45) is 0 Å². The molecule has 0 fully saturated rings. The Balaban J connectivity index is 1.52. The van der Waals surface area contributed by atoms with Crippen LogP contribution in [0.1, 0.15) is 48.7 Å². The van der Waals surface area contributed by atoms with Gasteiger partial charge < -0.3 is 4.90 Å². The van der Waals surface area contributed by atoms with Gasteiger partial charge in [-0.3, -0.25) is 9.89 Å². The van der Waals surface area contributed by atoms with E-state index in [2.05, 4.69) is 34.5 Å². The van der Waals surface area contributed by atoms with E-state index in [-0.39, 0.29) is 5.91 Å². The molecular weight excluding hydrogens is 310 g/mol. The summed E-state index contributed by atoms with van der Waals surface area (Å²) in [6, 6.07) is 10.2. The lowest BCUT2D eigenvalue weighted by molar-refractivity contribution is -0.130. The highest BCUT2D eigenvalue weighted by molar-refractivity contribution is 5.76. The van der Waals surface area contributed by atoms with Crippen LogP contribution < -0.4 is 0 Å². The minimum atomic E-state index is 0.202. The van der Waals surface area contributed by atoms with Crippen LogP contribution in [-0.2, 0) is 24.1 Å². The van der Waals surface area contributed by atoms with Crippen LogP contribution in [0, 0.1) is 0 Å². The first-order valence-corrected chi connectivity index (χ1v) is 9.32. The molecule has 1 aromatic carbocycles. The summed E-state index contributed by atoms with van der Waals surface area (Å²) < 4.78 is 0. The molecule has 1 aliphatic carbocycles. The zero-order valence-corrected chi connectivity index (χ0v) is 15.0. The summed E-state index contributed by atoms with van der Waals surface area (Å²) in [5, 5.41) is 7.61. The zero-order chi connectivity index (χ0) is 17.5. The molecule has 3 rings (SSSR count). The lowest BCUT2D eigenvalue weighted by Gasteiger charge is -2.19. The number of carbonyl (C=O) groups excluding carboxylic acids is 1. The van der Waals surface area contributed by atoms with Crippen LogP contribution in [-0.4, -0.2) is 34.1 Å². The Morgan fingerprint density at radius 3 is 2.84 bits per heavy atom. The third-order valence-corrected chi connectivity index (χ3v) is 4.89. The number of nitrogens with one attached hydrogen (secondary N) is 1. The maximum atomic E-state index is 12.5. The minimum absolute atomic E-state index is 0.202. The van der Waals surface area contributed by atoms with Crippen LogP contribution >= 0.6 is 0 Å². The highest BCUT2D eigenvalue weighted by Crippen LogP contribution is 2.23. The third-order valence-electron chi connectivity index (χ3n) is 4.89. The fourth-order valence-electron chi connectivity index (χ4n) is 3.43. The van der Waals surface area contributed by atoms with E-state index in [0.29, 0.717) is 13.0 Å². The number of amides is 1. The Morgan fingerprint density at radius 2 is 2.04 bits per heavy atom. The summed E-state index contributed by atoms with van der Waals surface area (Å²) in [7, 11) is 0. The Hall–Kier alpha value is -2.36. The van der Waals surface area contributed by atoms with Crippen molar-refractivity contribution in [3.63, 3.8) is 0 Å². The van der Waals surface area contributed by atoms with Crippen LogP contribution in [0.5, 0.6) is 0 Å². The average molecular weight is 337 g/mol. The van der Waals surface area contributed by atoms with Gasteiger partial charge in [0.15, 0.2) is 0 Å². The van der Waals surface area contributed by atoms with Gasteiger partial charge in [0.1, 0.15) is 0 Å². The SMILES string of the molecule is CCN(CC=Cc1ccccc1)C(=O)CCc1n[nH]c2c1CCCC2. The van der Waals surface area contributed by atoms with E-state index < -0.39 is 0 Å². The van der Waals surface area contributed by atoms with Gasteiger partial charge in [-0.2, -0.15) is 5.10 Å². The number of likely N-dealkylation sites (N-methyl/N-ethyl adjacent to an activating group) is 1. The van der Waals surface area contributed by atoms with Crippen LogP contribution in [0.15, 0.2) is 36.4 Å². The number of benzene rings is 1. The van der Waals surface area contributed by atoms with E-state index in [1.165, 1.54) is 24.1 Å². The number of rotatable bonds is 7. The van der Waals surface area contributed by atoms with Crippen molar-refractivity contribution < 1.29 is 4.79 Å². The van der Waals surface area contributed by atoms with E-state index in [0.717, 1.165) is 37.1 Å². The summed E-state index contributed by atoms with van der Waals surface area (Å²) in [6.07, 6.45) is 10.1. The van der Waals surface area contributed by atoms with E-state index in [1.807, 2.05) is 30.0 Å². The van der Waals surface area contributed by atoms with Crippen molar-refractivity contribution >= 4 is 12.0 Å². The second kappa shape index (κ2) is 8.65. The fourth-order valence-corrected chi connectivity index (χ4v) is 3.43. The second-order valence-corrected chi connectivity index (χ2v) is 6.58. The molecule has 2 aromatic rings. The predicted octanol–water partition coefficient (Wildman–Crippen LogP) is 3.78. The van der Waals surface area contributed by atoms with Crippen LogP contribution in [0.4, 0.5) is 0 Å². The van der Waals surface area contributed by atoms with E-state index in [1.54, 1.807) is 0 Å². The molecule has 0 radical (unpaired) electrons. The predicted molar refractivity (Wildman–Crippen MR) is 101 cm³/mol. The Kier molecular flexibility index (Phi) is 6.04. The van der Waals surface area contributed by atoms with Gasteiger partial charge in [-0.05, 0) is 43.7 Å². The molecule has 4 nitrogen and oxygen atoms in total. The van der Waals surface area contributed by atoms with Crippen molar-refractivity contribution in [3.8, 4) is 0 Å². The molecule has 0 spiro atoms. The zero-order valence-electron chi connectivity index (χ0n) is 15.0. The molecule has 4 heteroatoms. The first kappa shape index (κ1) is 17.5. The normalized spacial score (nSPS) is 13.8. The highest BCUT2D eigenvalue weighted by atomic mass is 16.2. The average Bonchev–Trinajstić information content (AvgIpc) is 3.07. The molecule has 1 aliphatic rings. The molecule has 0 atom stereocenters. The summed E-state index contributed by atoms with van der Waals surface area (Å²) in [6.45, 7) is 3.42. The smallest absolute Gasteiger partial charge is 0.223 e. The van der Waals surface area contributed by atoms with E-state index in [9.17, 15) is 4.79 Å². The maximum absolute atomic E-state index is 12.5. The molecule has 0 unspecified atom stereocenters. The fraction of sp³-hybridized carbons (Fsp3) is 0.429. The highest BCUT2D eigenvalue weighted by Gasteiger charge is 2.18. The Morgan fingerprint density at radius 1 is 1.24 bits per heavy atom. The first-order valence-electron chi connectivity index (χ1n) is 9.32. The molecule has 0 saturated heterocycles. The van der Waals surface area contributed by atoms with Crippen LogP contribution in [0.25, 0.3) is 6.08 Å². The van der Waals surface area contributed by atoms with Crippen molar-refractivity contribution in [1.29, 1.82) is 0 Å². The second-order valence-electron chi connectivity index (χ2n) is 6.58. The number of aromatic nitrogens is 2. The summed E-state index contributed by atoms with van der Waals surface area (Å²) in [5.41, 5.74) is 4.91. The van der Waals surface area contributed by atoms with Crippen molar-refractivity contribution in [1.82, 2.24) is 15.1 Å². The first-order chi connectivity index (χ1) is 12.3. The van der Waals surface area contributed by atoms with Gasteiger partial charge in [-0.1, -0.05) is 42.5 Å². The number of hydrogen-bond donors (Lipinski definition) is 1. The van der Waals surface area contributed by atoms with Crippen molar-refractivity contribution in [3.05, 3.63) is 58.9 Å². The monoisotopic (exact) mass is 337 g/mol. The number of aromatic amines is 1. The molecule has 1 N–H and O–H groups in total. The van der Waals surface area contributed by atoms with Crippen molar-refractivity contribution in [2.75, 3.05) is 13.1 Å². The topological polar surface area (TPSA) is 49.0 Å². The summed E-state index contributed by atoms with van der Waals surface area (Å²) in [4.78, 5) is 14.4. The van der Waals surface area contributed by atoms with E-state index >= 15 is 0 Å². The molecule has 132 valence electrons. The summed E-state index contributed by atoms with van der Waals surface area (Å²) >= 11 is 0. The quantitative estimate of drug-likeness (QED) is 0.836. The molecule has 1 heterocycles. The number of carbonyl (C=O) groups is 1. The van der Waals surface area contributed by atoms with Gasteiger partial charge in [0.05, 0.1) is 5.69 Å². The van der Waals surface area contributed by atoms with Gasteiger partial charge >= 0.3 is 0 Å². The maximum Gasteiger partial charge on any atom is 0.223 e. The largest absolute Gasteiger partial charge is 0.339 e. The Labute approximate surface area is 149 Å². The molecule has 0 saturated carbocycles. The van der Waals surface area contributed by atoms with Crippen LogP contribution in [0.3, 0.4) is 0 Å². The molecule has 0 bridgehead atoms. The van der Waals surface area contributed by atoms with Gasteiger partial charge in [0, 0.05) is 31.6 Å². The lowest BCUT2D eigenvalue weighted by atomic mass is 9.94. The number of fused-ring (bicyclic) bond motifs is 1.